The highest BCUT2D eigenvalue weighted by Gasteiger charge is 2.27. The van der Waals surface area contributed by atoms with Crippen LogP contribution in [0.15, 0.2) is 94.9 Å². The Morgan fingerprint density at radius 1 is 0.889 bits per heavy atom. The lowest BCUT2D eigenvalue weighted by atomic mass is 10.1. The van der Waals surface area contributed by atoms with Gasteiger partial charge in [0.1, 0.15) is 5.75 Å². The fourth-order valence-electron chi connectivity index (χ4n) is 4.32. The van der Waals surface area contributed by atoms with E-state index in [1.807, 2.05) is 60.7 Å². The summed E-state index contributed by atoms with van der Waals surface area (Å²) < 4.78 is 35.7. The second kappa shape index (κ2) is 10.3. The van der Waals surface area contributed by atoms with Gasteiger partial charge in [-0.1, -0.05) is 60.1 Å². The van der Waals surface area contributed by atoms with Gasteiger partial charge in [0.25, 0.3) is 0 Å². The molecule has 0 aliphatic carbocycles. The van der Waals surface area contributed by atoms with Crippen LogP contribution in [-0.2, 0) is 16.4 Å². The molecule has 184 valence electrons. The van der Waals surface area contributed by atoms with Gasteiger partial charge in [0.2, 0.25) is 9.84 Å². The highest BCUT2D eigenvalue weighted by Crippen LogP contribution is 2.34. The number of aromatic nitrogens is 2. The molecule has 36 heavy (non-hydrogen) atoms. The summed E-state index contributed by atoms with van der Waals surface area (Å²) >= 11 is 6.18. The number of hydrogen-bond acceptors (Lipinski definition) is 5. The van der Waals surface area contributed by atoms with Crippen molar-refractivity contribution in [2.45, 2.75) is 29.3 Å². The number of sulfone groups is 1. The van der Waals surface area contributed by atoms with Gasteiger partial charge in [-0.3, -0.25) is 4.68 Å². The first-order valence-corrected chi connectivity index (χ1v) is 13.6. The summed E-state index contributed by atoms with van der Waals surface area (Å²) in [4.78, 5) is 0.226. The summed E-state index contributed by atoms with van der Waals surface area (Å²) in [5.41, 5.74) is 7.20. The number of ether oxygens (including phenoxy) is 1. The van der Waals surface area contributed by atoms with Crippen molar-refractivity contribution in [1.82, 2.24) is 9.78 Å². The van der Waals surface area contributed by atoms with Gasteiger partial charge in [-0.05, 0) is 66.7 Å². The maximum atomic E-state index is 14.0. The van der Waals surface area contributed by atoms with Crippen LogP contribution < -0.4 is 10.5 Å². The van der Waals surface area contributed by atoms with E-state index in [0.717, 1.165) is 23.8 Å². The Balaban J connectivity index is 1.64. The largest absolute Gasteiger partial charge is 0.494 e. The third kappa shape index (κ3) is 4.82. The highest BCUT2D eigenvalue weighted by atomic mass is 35.5. The molecule has 0 unspecified atom stereocenters. The summed E-state index contributed by atoms with van der Waals surface area (Å²) in [7, 11) is -3.95. The molecule has 6 nitrogen and oxygen atoms in total. The molecule has 0 fully saturated rings. The molecule has 0 spiro atoms. The van der Waals surface area contributed by atoms with Gasteiger partial charge in [-0.25, -0.2) is 8.42 Å². The van der Waals surface area contributed by atoms with Crippen molar-refractivity contribution >= 4 is 43.1 Å². The fourth-order valence-corrected chi connectivity index (χ4v) is 6.13. The van der Waals surface area contributed by atoms with Crippen LogP contribution in [0, 0.1) is 0 Å². The Hall–Kier alpha value is -3.39. The molecule has 0 aliphatic rings. The second-order valence-electron chi connectivity index (χ2n) is 8.60. The Labute approximate surface area is 215 Å². The van der Waals surface area contributed by atoms with E-state index in [1.54, 1.807) is 28.9 Å². The SMILES string of the molecule is NCCCCOc1ccc2c(c1)c(S(=O)(=O)c1cccc3ccccc13)nn2Cc1cccc(Cl)c1. The number of unbranched alkanes of at least 4 members (excludes halogenated alkanes) is 1. The van der Waals surface area contributed by atoms with Crippen molar-refractivity contribution in [3.63, 3.8) is 0 Å². The predicted octanol–water partition coefficient (Wildman–Crippen LogP) is 5.84. The first-order valence-electron chi connectivity index (χ1n) is 11.8. The zero-order valence-corrected chi connectivity index (χ0v) is 21.2. The topological polar surface area (TPSA) is 87.2 Å². The lowest BCUT2D eigenvalue weighted by Gasteiger charge is -2.08. The van der Waals surface area contributed by atoms with Crippen LogP contribution >= 0.6 is 11.6 Å². The van der Waals surface area contributed by atoms with E-state index in [-0.39, 0.29) is 9.92 Å². The fraction of sp³-hybridized carbons (Fsp3) is 0.179. The molecule has 2 N–H and O–H groups in total. The maximum Gasteiger partial charge on any atom is 0.226 e. The summed E-state index contributed by atoms with van der Waals surface area (Å²) in [5.74, 6) is 0.594. The summed E-state index contributed by atoms with van der Waals surface area (Å²) in [6.07, 6.45) is 1.68. The molecule has 0 atom stereocenters. The molecule has 0 bridgehead atoms. The first kappa shape index (κ1) is 24.3. The Morgan fingerprint density at radius 3 is 2.53 bits per heavy atom. The minimum Gasteiger partial charge on any atom is -0.494 e. The van der Waals surface area contributed by atoms with Crippen molar-refractivity contribution in [3.8, 4) is 5.75 Å². The number of hydrogen-bond donors (Lipinski definition) is 1. The molecule has 0 saturated carbocycles. The van der Waals surface area contributed by atoms with E-state index in [0.29, 0.717) is 46.8 Å². The van der Waals surface area contributed by atoms with Crippen molar-refractivity contribution < 1.29 is 13.2 Å². The van der Waals surface area contributed by atoms with Crippen molar-refractivity contribution in [2.75, 3.05) is 13.2 Å². The third-order valence-electron chi connectivity index (χ3n) is 6.07. The standard InChI is InChI=1S/C28H26ClN3O3S/c29-22-10-5-7-20(17-22)19-32-26-14-13-23(35-16-4-3-15-30)18-25(26)28(31-32)36(33,34)27-12-6-9-21-8-1-2-11-24(21)27/h1-2,5-14,17-18H,3-4,15-16,19,30H2. The van der Waals surface area contributed by atoms with Gasteiger partial charge in [0.05, 0.1) is 23.6 Å². The number of halogens is 1. The van der Waals surface area contributed by atoms with Crippen LogP contribution in [0.25, 0.3) is 21.7 Å². The number of rotatable bonds is 9. The predicted molar refractivity (Wildman–Crippen MR) is 143 cm³/mol. The molecule has 0 saturated heterocycles. The Bertz CT molecular complexity index is 1640. The number of benzene rings is 4. The smallest absolute Gasteiger partial charge is 0.226 e. The van der Waals surface area contributed by atoms with E-state index >= 15 is 0 Å². The first-order chi connectivity index (χ1) is 17.5. The molecule has 8 heteroatoms. The molecule has 0 aliphatic heterocycles. The van der Waals surface area contributed by atoms with Gasteiger partial charge >= 0.3 is 0 Å². The van der Waals surface area contributed by atoms with Crippen molar-refractivity contribution in [1.29, 1.82) is 0 Å². The van der Waals surface area contributed by atoms with Crippen LogP contribution in [-0.4, -0.2) is 31.3 Å². The third-order valence-corrected chi connectivity index (χ3v) is 8.05. The van der Waals surface area contributed by atoms with Gasteiger partial charge in [0, 0.05) is 15.8 Å². The Morgan fingerprint density at radius 2 is 1.69 bits per heavy atom. The average molecular weight is 520 g/mol. The second-order valence-corrected chi connectivity index (χ2v) is 10.9. The maximum absolute atomic E-state index is 14.0. The average Bonchev–Trinajstić information content (AvgIpc) is 3.24. The molecule has 5 rings (SSSR count). The van der Waals surface area contributed by atoms with Crippen molar-refractivity contribution in [3.05, 3.63) is 95.5 Å². The van der Waals surface area contributed by atoms with Crippen LogP contribution in [0.5, 0.6) is 5.75 Å². The quantitative estimate of drug-likeness (QED) is 0.247. The van der Waals surface area contributed by atoms with E-state index < -0.39 is 9.84 Å². The number of fused-ring (bicyclic) bond motifs is 2. The minimum atomic E-state index is -3.95. The zero-order chi connectivity index (χ0) is 25.1. The van der Waals surface area contributed by atoms with Crippen LogP contribution in [0.3, 0.4) is 0 Å². The summed E-state index contributed by atoms with van der Waals surface area (Å²) in [6.45, 7) is 1.48. The molecule has 0 radical (unpaired) electrons. The van der Waals surface area contributed by atoms with E-state index in [1.165, 1.54) is 0 Å². The van der Waals surface area contributed by atoms with Crippen LogP contribution in [0.2, 0.25) is 5.02 Å². The molecular weight excluding hydrogens is 494 g/mol. The van der Waals surface area contributed by atoms with Crippen LogP contribution in [0.1, 0.15) is 18.4 Å². The molecule has 0 amide bonds. The highest BCUT2D eigenvalue weighted by molar-refractivity contribution is 7.91. The molecule has 1 aromatic heterocycles. The summed E-state index contributed by atoms with van der Waals surface area (Å²) in [5, 5.41) is 7.27. The molecule has 1 heterocycles. The minimum absolute atomic E-state index is 0.00305. The lowest BCUT2D eigenvalue weighted by Crippen LogP contribution is -2.07. The van der Waals surface area contributed by atoms with E-state index in [9.17, 15) is 8.42 Å². The monoisotopic (exact) mass is 519 g/mol. The zero-order valence-electron chi connectivity index (χ0n) is 19.6. The number of nitrogens with two attached hydrogens (primary N) is 1. The van der Waals surface area contributed by atoms with E-state index in [2.05, 4.69) is 5.10 Å². The Kier molecular flexibility index (Phi) is 6.96. The summed E-state index contributed by atoms with van der Waals surface area (Å²) in [6, 6.07) is 25.6. The van der Waals surface area contributed by atoms with Gasteiger partial charge in [-0.2, -0.15) is 5.10 Å². The lowest BCUT2D eigenvalue weighted by molar-refractivity contribution is 0.308. The van der Waals surface area contributed by atoms with Gasteiger partial charge in [0.15, 0.2) is 5.03 Å². The molecular formula is C28H26ClN3O3S. The van der Waals surface area contributed by atoms with Gasteiger partial charge in [-0.15, -0.1) is 0 Å². The normalized spacial score (nSPS) is 11.8. The van der Waals surface area contributed by atoms with Gasteiger partial charge < -0.3 is 10.5 Å². The number of nitrogens with zero attached hydrogens (tertiary/aromatic N) is 2. The molecule has 4 aromatic carbocycles. The van der Waals surface area contributed by atoms with Crippen molar-refractivity contribution in [2.24, 2.45) is 5.73 Å². The van der Waals surface area contributed by atoms with Crippen LogP contribution in [0.4, 0.5) is 0 Å². The molecule has 5 aromatic rings. The van der Waals surface area contributed by atoms with E-state index in [4.69, 9.17) is 22.1 Å².